The Hall–Kier alpha value is -1.88. The Labute approximate surface area is 111 Å². The maximum absolute atomic E-state index is 13.9. The fourth-order valence-corrected chi connectivity index (χ4v) is 2.05. The zero-order valence-corrected chi connectivity index (χ0v) is 11.1. The lowest BCUT2D eigenvalue weighted by molar-refractivity contribution is 0.321. The first-order chi connectivity index (χ1) is 9.15. The Kier molecular flexibility index (Phi) is 4.16. The largest absolute Gasteiger partial charge is 0.491 e. The average Bonchev–Trinajstić information content (AvgIpc) is 2.80. The highest BCUT2D eigenvalue weighted by atomic mass is 19.1. The molecular weight excluding hydrogens is 245 g/mol. The van der Waals surface area contributed by atoms with E-state index in [1.807, 2.05) is 26.0 Å². The molecule has 19 heavy (non-hydrogen) atoms. The molecule has 1 aromatic carbocycles. The Bertz CT molecular complexity index is 553. The van der Waals surface area contributed by atoms with Gasteiger partial charge in [0.15, 0.2) is 11.6 Å². The van der Waals surface area contributed by atoms with Crippen molar-refractivity contribution in [2.45, 2.75) is 19.8 Å². The van der Waals surface area contributed by atoms with E-state index in [2.05, 4.69) is 10.2 Å². The quantitative estimate of drug-likeness (QED) is 0.870. The summed E-state index contributed by atoms with van der Waals surface area (Å²) >= 11 is 0. The second-order valence-corrected chi connectivity index (χ2v) is 4.39. The van der Waals surface area contributed by atoms with Gasteiger partial charge in [-0.05, 0) is 37.6 Å². The van der Waals surface area contributed by atoms with Crippen molar-refractivity contribution in [2.75, 3.05) is 13.2 Å². The van der Waals surface area contributed by atoms with E-state index in [4.69, 9.17) is 10.5 Å². The highest BCUT2D eigenvalue weighted by molar-refractivity contribution is 5.35. The molecule has 5 heteroatoms. The standard InChI is InChI=1S/C14H18FN3O/c1-3-19-14-5-4-10(7-12(14)15)11(8-16)13-6-9(2)17-18-13/h4-7,11H,3,8,16H2,1-2H3,(H,17,18). The summed E-state index contributed by atoms with van der Waals surface area (Å²) in [6, 6.07) is 6.85. The van der Waals surface area contributed by atoms with Crippen LogP contribution >= 0.6 is 0 Å². The molecule has 0 aliphatic heterocycles. The number of hydrogen-bond donors (Lipinski definition) is 2. The molecule has 0 aliphatic rings. The Morgan fingerprint density at radius 1 is 1.42 bits per heavy atom. The minimum Gasteiger partial charge on any atom is -0.491 e. The van der Waals surface area contributed by atoms with E-state index in [1.165, 1.54) is 6.07 Å². The molecule has 1 atom stereocenters. The van der Waals surface area contributed by atoms with Crippen LogP contribution in [0.25, 0.3) is 0 Å². The summed E-state index contributed by atoms with van der Waals surface area (Å²) in [6.07, 6.45) is 0. The number of rotatable bonds is 5. The van der Waals surface area contributed by atoms with E-state index < -0.39 is 0 Å². The van der Waals surface area contributed by atoms with E-state index in [1.54, 1.807) is 6.07 Å². The van der Waals surface area contributed by atoms with Gasteiger partial charge in [-0.1, -0.05) is 6.07 Å². The number of H-pyrrole nitrogens is 1. The molecule has 1 aromatic heterocycles. The fourth-order valence-electron chi connectivity index (χ4n) is 2.05. The second kappa shape index (κ2) is 5.84. The van der Waals surface area contributed by atoms with Crippen LogP contribution in [-0.4, -0.2) is 23.3 Å². The lowest BCUT2D eigenvalue weighted by Crippen LogP contribution is -2.14. The molecule has 0 radical (unpaired) electrons. The van der Waals surface area contributed by atoms with Crippen molar-refractivity contribution >= 4 is 0 Å². The minimum absolute atomic E-state index is 0.116. The summed E-state index contributed by atoms with van der Waals surface area (Å²) in [7, 11) is 0. The van der Waals surface area contributed by atoms with Gasteiger partial charge in [0, 0.05) is 18.2 Å². The topological polar surface area (TPSA) is 63.9 Å². The third-order valence-corrected chi connectivity index (χ3v) is 2.98. The van der Waals surface area contributed by atoms with Crippen LogP contribution in [0.5, 0.6) is 5.75 Å². The molecule has 4 nitrogen and oxygen atoms in total. The van der Waals surface area contributed by atoms with Crippen molar-refractivity contribution in [1.82, 2.24) is 10.2 Å². The molecule has 0 aliphatic carbocycles. The van der Waals surface area contributed by atoms with Crippen LogP contribution in [0.15, 0.2) is 24.3 Å². The third-order valence-electron chi connectivity index (χ3n) is 2.98. The van der Waals surface area contributed by atoms with Gasteiger partial charge in [-0.2, -0.15) is 5.10 Å². The number of aromatic nitrogens is 2. The molecule has 2 rings (SSSR count). The predicted octanol–water partition coefficient (Wildman–Crippen LogP) is 2.35. The van der Waals surface area contributed by atoms with Crippen molar-refractivity contribution in [3.8, 4) is 5.75 Å². The molecule has 0 saturated heterocycles. The number of ether oxygens (including phenoxy) is 1. The number of benzene rings is 1. The maximum atomic E-state index is 13.9. The van der Waals surface area contributed by atoms with E-state index in [0.717, 1.165) is 17.0 Å². The van der Waals surface area contributed by atoms with Gasteiger partial charge >= 0.3 is 0 Å². The van der Waals surface area contributed by atoms with Crippen LogP contribution in [0, 0.1) is 12.7 Å². The summed E-state index contributed by atoms with van der Waals surface area (Å²) in [4.78, 5) is 0. The van der Waals surface area contributed by atoms with Gasteiger partial charge in [-0.15, -0.1) is 0 Å². The number of halogens is 1. The fraction of sp³-hybridized carbons (Fsp3) is 0.357. The van der Waals surface area contributed by atoms with E-state index in [0.29, 0.717) is 13.2 Å². The lowest BCUT2D eigenvalue weighted by atomic mass is 9.95. The Morgan fingerprint density at radius 3 is 2.74 bits per heavy atom. The monoisotopic (exact) mass is 263 g/mol. The van der Waals surface area contributed by atoms with Crippen LogP contribution in [0.3, 0.4) is 0 Å². The molecule has 0 bridgehead atoms. The summed E-state index contributed by atoms with van der Waals surface area (Å²) < 4.78 is 19.0. The van der Waals surface area contributed by atoms with Crippen molar-refractivity contribution < 1.29 is 9.13 Å². The van der Waals surface area contributed by atoms with E-state index in [-0.39, 0.29) is 17.5 Å². The predicted molar refractivity (Wildman–Crippen MR) is 71.8 cm³/mol. The zero-order valence-electron chi connectivity index (χ0n) is 11.1. The number of nitrogens with two attached hydrogens (primary N) is 1. The van der Waals surface area contributed by atoms with E-state index >= 15 is 0 Å². The van der Waals surface area contributed by atoms with Crippen molar-refractivity contribution in [2.24, 2.45) is 5.73 Å². The number of aromatic amines is 1. The first-order valence-corrected chi connectivity index (χ1v) is 6.30. The number of hydrogen-bond acceptors (Lipinski definition) is 3. The normalized spacial score (nSPS) is 12.4. The molecule has 102 valence electrons. The summed E-state index contributed by atoms with van der Waals surface area (Å²) in [5.41, 5.74) is 8.37. The number of nitrogens with one attached hydrogen (secondary N) is 1. The number of aryl methyl sites for hydroxylation is 1. The second-order valence-electron chi connectivity index (χ2n) is 4.39. The Balaban J connectivity index is 2.31. The molecular formula is C14H18FN3O. The smallest absolute Gasteiger partial charge is 0.165 e. The SMILES string of the molecule is CCOc1ccc(C(CN)c2cc(C)[nH]n2)cc1F. The van der Waals surface area contributed by atoms with Crippen LogP contribution < -0.4 is 10.5 Å². The van der Waals surface area contributed by atoms with Gasteiger partial charge in [0.1, 0.15) is 0 Å². The minimum atomic E-state index is -0.370. The van der Waals surface area contributed by atoms with Crippen LogP contribution in [-0.2, 0) is 0 Å². The summed E-state index contributed by atoms with van der Waals surface area (Å²) in [5.74, 6) is -0.222. The highest BCUT2D eigenvalue weighted by Gasteiger charge is 2.17. The molecule has 0 amide bonds. The van der Waals surface area contributed by atoms with Crippen molar-refractivity contribution in [3.05, 3.63) is 47.0 Å². The molecule has 1 unspecified atom stereocenters. The van der Waals surface area contributed by atoms with Gasteiger partial charge < -0.3 is 10.5 Å². The summed E-state index contributed by atoms with van der Waals surface area (Å²) in [6.45, 7) is 4.55. The first-order valence-electron chi connectivity index (χ1n) is 6.30. The maximum Gasteiger partial charge on any atom is 0.165 e. The molecule has 0 spiro atoms. The molecule has 0 saturated carbocycles. The van der Waals surface area contributed by atoms with Crippen LogP contribution in [0.4, 0.5) is 4.39 Å². The van der Waals surface area contributed by atoms with E-state index in [9.17, 15) is 4.39 Å². The molecule has 0 fully saturated rings. The third kappa shape index (κ3) is 2.93. The molecule has 2 aromatic rings. The lowest BCUT2D eigenvalue weighted by Gasteiger charge is -2.14. The van der Waals surface area contributed by atoms with Crippen LogP contribution in [0.2, 0.25) is 0 Å². The molecule has 1 heterocycles. The van der Waals surface area contributed by atoms with Crippen molar-refractivity contribution in [1.29, 1.82) is 0 Å². The zero-order chi connectivity index (χ0) is 13.8. The van der Waals surface area contributed by atoms with Gasteiger partial charge in [0.25, 0.3) is 0 Å². The Morgan fingerprint density at radius 2 is 2.21 bits per heavy atom. The summed E-state index contributed by atoms with van der Waals surface area (Å²) in [5, 5.41) is 7.07. The number of nitrogens with zero attached hydrogens (tertiary/aromatic N) is 1. The van der Waals surface area contributed by atoms with Gasteiger partial charge in [-0.25, -0.2) is 4.39 Å². The first kappa shape index (κ1) is 13.5. The van der Waals surface area contributed by atoms with Crippen LogP contribution in [0.1, 0.15) is 29.8 Å². The molecule has 3 N–H and O–H groups in total. The van der Waals surface area contributed by atoms with Gasteiger partial charge in [-0.3, -0.25) is 5.10 Å². The highest BCUT2D eigenvalue weighted by Crippen LogP contribution is 2.27. The van der Waals surface area contributed by atoms with Gasteiger partial charge in [0.05, 0.1) is 12.3 Å². The average molecular weight is 263 g/mol. The van der Waals surface area contributed by atoms with Gasteiger partial charge in [0.2, 0.25) is 0 Å². The van der Waals surface area contributed by atoms with Crippen molar-refractivity contribution in [3.63, 3.8) is 0 Å².